The van der Waals surface area contributed by atoms with Crippen molar-refractivity contribution in [1.82, 2.24) is 29.4 Å². The molecule has 1 N–H and O–H groups in total. The monoisotopic (exact) mass is 540 g/mol. The van der Waals surface area contributed by atoms with Crippen LogP contribution in [-0.2, 0) is 23.1 Å². The van der Waals surface area contributed by atoms with Gasteiger partial charge in [-0.2, -0.15) is 19.0 Å². The molecule has 4 heterocycles. The predicted octanol–water partition coefficient (Wildman–Crippen LogP) is 4.28. The van der Waals surface area contributed by atoms with Crippen LogP contribution in [0.1, 0.15) is 36.4 Å². The molecule has 2 aliphatic rings. The second-order valence-electron chi connectivity index (χ2n) is 10.0. The van der Waals surface area contributed by atoms with Gasteiger partial charge in [0.1, 0.15) is 6.04 Å². The molecule has 1 amide bonds. The first-order valence-corrected chi connectivity index (χ1v) is 12.5. The number of benzene rings is 1. The van der Waals surface area contributed by atoms with Gasteiger partial charge in [-0.05, 0) is 41.7 Å². The molecule has 1 spiro atoms. The van der Waals surface area contributed by atoms with Gasteiger partial charge in [-0.1, -0.05) is 23.7 Å². The first-order chi connectivity index (χ1) is 18.2. The van der Waals surface area contributed by atoms with Crippen LogP contribution in [0.4, 0.5) is 8.78 Å². The summed E-state index contributed by atoms with van der Waals surface area (Å²) in [5.74, 6) is -1.53. The van der Waals surface area contributed by atoms with Crippen LogP contribution in [0.25, 0.3) is 22.2 Å². The summed E-state index contributed by atoms with van der Waals surface area (Å²) < 4.78 is 27.9. The highest BCUT2D eigenvalue weighted by molar-refractivity contribution is 6.31. The van der Waals surface area contributed by atoms with Crippen LogP contribution in [0.5, 0.6) is 0 Å². The molecule has 1 aliphatic carbocycles. The number of halogens is 3. The number of aromatic nitrogens is 5. The number of aryl methyl sites for hydroxylation is 1. The maximum absolute atomic E-state index is 13.5. The Morgan fingerprint density at radius 3 is 2.76 bits per heavy atom. The Morgan fingerprint density at radius 1 is 1.24 bits per heavy atom. The van der Waals surface area contributed by atoms with E-state index in [1.54, 1.807) is 10.9 Å². The van der Waals surface area contributed by atoms with Crippen molar-refractivity contribution >= 4 is 34.5 Å². The number of hydrogen-bond donors (Lipinski definition) is 1. The molecule has 1 saturated heterocycles. The van der Waals surface area contributed by atoms with Gasteiger partial charge >= 0.3 is 12.5 Å². The number of likely N-dealkylation sites (tertiary alicyclic amines) is 1. The lowest BCUT2D eigenvalue weighted by Crippen LogP contribution is -2.44. The van der Waals surface area contributed by atoms with Gasteiger partial charge in [0.15, 0.2) is 5.65 Å². The normalized spacial score (nSPS) is 21.7. The van der Waals surface area contributed by atoms with Crippen LogP contribution in [0.15, 0.2) is 49.1 Å². The molecule has 0 radical (unpaired) electrons. The second-order valence-corrected chi connectivity index (χ2v) is 10.4. The van der Waals surface area contributed by atoms with E-state index in [2.05, 4.69) is 15.2 Å². The summed E-state index contributed by atoms with van der Waals surface area (Å²) in [5, 5.41) is 19.2. The average molecular weight is 541 g/mol. The molecule has 38 heavy (non-hydrogen) atoms. The number of hydrogen-bond acceptors (Lipinski definition) is 5. The fourth-order valence-corrected chi connectivity index (χ4v) is 5.97. The first kappa shape index (κ1) is 24.5. The molecule has 2 fully saturated rings. The number of carbonyl (C=O) groups excluding carboxylic acids is 1. The van der Waals surface area contributed by atoms with Crippen molar-refractivity contribution in [2.75, 3.05) is 6.54 Å². The summed E-state index contributed by atoms with van der Waals surface area (Å²) in [7, 11) is 1.84. The third-order valence-corrected chi connectivity index (χ3v) is 8.02. The highest BCUT2D eigenvalue weighted by atomic mass is 35.5. The molecule has 0 bridgehead atoms. The molecule has 6 rings (SSSR count). The van der Waals surface area contributed by atoms with E-state index in [0.717, 1.165) is 28.3 Å². The van der Waals surface area contributed by atoms with Crippen LogP contribution in [-0.4, -0.2) is 59.0 Å². The molecular formula is C26H23ClF2N6O3. The maximum Gasteiger partial charge on any atom is 0.333 e. The quantitative estimate of drug-likeness (QED) is 0.375. The lowest BCUT2D eigenvalue weighted by Gasteiger charge is -2.24. The van der Waals surface area contributed by atoms with Crippen molar-refractivity contribution in [3.63, 3.8) is 0 Å². The minimum atomic E-state index is -2.82. The summed E-state index contributed by atoms with van der Waals surface area (Å²) >= 11 is 6.70. The van der Waals surface area contributed by atoms with E-state index in [4.69, 9.17) is 11.6 Å². The van der Waals surface area contributed by atoms with E-state index < -0.39 is 24.0 Å². The molecule has 1 saturated carbocycles. The van der Waals surface area contributed by atoms with Crippen molar-refractivity contribution in [1.29, 1.82) is 0 Å². The summed E-state index contributed by atoms with van der Waals surface area (Å²) in [6.07, 6.45) is 6.95. The van der Waals surface area contributed by atoms with Crippen molar-refractivity contribution in [2.24, 2.45) is 12.5 Å². The maximum atomic E-state index is 13.5. The molecule has 1 aliphatic heterocycles. The van der Waals surface area contributed by atoms with Crippen molar-refractivity contribution < 1.29 is 23.5 Å². The summed E-state index contributed by atoms with van der Waals surface area (Å²) in [5.41, 5.74) is 2.93. The van der Waals surface area contributed by atoms with E-state index in [1.165, 1.54) is 11.1 Å². The van der Waals surface area contributed by atoms with Crippen LogP contribution in [0.3, 0.4) is 0 Å². The zero-order chi connectivity index (χ0) is 26.8. The fourth-order valence-electron chi connectivity index (χ4n) is 5.66. The summed E-state index contributed by atoms with van der Waals surface area (Å²) in [6.45, 7) is -2.54. The minimum Gasteiger partial charge on any atom is -0.480 e. The van der Waals surface area contributed by atoms with Gasteiger partial charge in [0.05, 0.1) is 11.6 Å². The lowest BCUT2D eigenvalue weighted by atomic mass is 9.95. The fraction of sp³-hybridized carbons (Fsp3) is 0.346. The Hall–Kier alpha value is -3.86. The number of rotatable bonds is 7. The molecule has 9 nitrogen and oxygen atoms in total. The molecule has 196 valence electrons. The number of carbonyl (C=O) groups is 2. The van der Waals surface area contributed by atoms with Crippen molar-refractivity contribution in [3.8, 4) is 11.1 Å². The highest BCUT2D eigenvalue weighted by Crippen LogP contribution is 2.66. The molecule has 12 heteroatoms. The largest absolute Gasteiger partial charge is 0.480 e. The topological polar surface area (TPSA) is 106 Å². The van der Waals surface area contributed by atoms with E-state index in [-0.39, 0.29) is 24.8 Å². The van der Waals surface area contributed by atoms with Gasteiger partial charge in [0, 0.05) is 60.5 Å². The predicted molar refractivity (Wildman–Crippen MR) is 134 cm³/mol. The summed E-state index contributed by atoms with van der Waals surface area (Å²) in [4.78, 5) is 31.3. The number of fused-ring (bicyclic) bond motifs is 1. The van der Waals surface area contributed by atoms with Gasteiger partial charge in [-0.15, -0.1) is 0 Å². The SMILES string of the molecule is Cn1cc2cc(-c3ccc([C@@H]4C[C@]45CCN([C@H](Cc4cnn(C(F)F)c4)C(=O)O)C5=O)c(Cl)c3)cnc2n1. The Balaban J connectivity index is 1.20. The molecule has 4 aromatic rings. The van der Waals surface area contributed by atoms with Crippen LogP contribution >= 0.6 is 11.6 Å². The Morgan fingerprint density at radius 2 is 2.05 bits per heavy atom. The number of nitrogens with zero attached hydrogens (tertiary/aromatic N) is 6. The molecule has 3 atom stereocenters. The third kappa shape index (κ3) is 4.01. The molecule has 1 aromatic carbocycles. The molecule has 0 unspecified atom stereocenters. The zero-order valence-corrected chi connectivity index (χ0v) is 21.0. The Kier molecular flexibility index (Phi) is 5.71. The number of carboxylic acid groups (broad SMARTS) is 1. The number of amides is 1. The van der Waals surface area contributed by atoms with Crippen molar-refractivity contribution in [2.45, 2.75) is 37.8 Å². The van der Waals surface area contributed by atoms with Gasteiger partial charge in [-0.3, -0.25) is 9.48 Å². The van der Waals surface area contributed by atoms with Gasteiger partial charge in [0.2, 0.25) is 5.91 Å². The number of pyridine rings is 1. The molecule has 3 aromatic heterocycles. The molecular weight excluding hydrogens is 518 g/mol. The second kappa shape index (κ2) is 8.87. The van der Waals surface area contributed by atoms with Gasteiger partial charge in [-0.25, -0.2) is 14.5 Å². The standard InChI is InChI=1S/C26H23ClF2N6O3/c1-33-13-17-7-16(11-30-22(17)32-33)15-2-3-18(20(27)8-15)19-9-26(19)4-5-34(24(26)38)21(23(36)37)6-14-10-31-35(12-14)25(28)29/h2-3,7-8,10-13,19,21,25H,4-6,9H2,1H3,(H,36,37)/t19-,21+,26+/m0/s1. The van der Waals surface area contributed by atoms with Crippen LogP contribution in [0, 0.1) is 5.41 Å². The average Bonchev–Trinajstić information content (AvgIpc) is 3.13. The lowest BCUT2D eigenvalue weighted by molar-refractivity contribution is -0.149. The third-order valence-electron chi connectivity index (χ3n) is 7.69. The van der Waals surface area contributed by atoms with Gasteiger partial charge in [0.25, 0.3) is 0 Å². The summed E-state index contributed by atoms with van der Waals surface area (Å²) in [6, 6.07) is 6.57. The van der Waals surface area contributed by atoms with E-state index in [1.807, 2.05) is 37.5 Å². The minimum absolute atomic E-state index is 0.0979. The first-order valence-electron chi connectivity index (χ1n) is 12.1. The number of aliphatic carboxylic acids is 1. The van der Waals surface area contributed by atoms with Crippen molar-refractivity contribution in [3.05, 3.63) is 65.2 Å². The Labute approximate surface area is 220 Å². The van der Waals surface area contributed by atoms with Gasteiger partial charge < -0.3 is 10.0 Å². The Bertz CT molecular complexity index is 1590. The van der Waals surface area contributed by atoms with Crippen LogP contribution < -0.4 is 0 Å². The van der Waals surface area contributed by atoms with E-state index in [0.29, 0.717) is 33.8 Å². The van der Waals surface area contributed by atoms with E-state index in [9.17, 15) is 23.5 Å². The van der Waals surface area contributed by atoms with Crippen LogP contribution in [0.2, 0.25) is 5.02 Å². The zero-order valence-electron chi connectivity index (χ0n) is 20.3. The highest BCUT2D eigenvalue weighted by Gasteiger charge is 2.65. The number of carboxylic acids is 1. The smallest absolute Gasteiger partial charge is 0.333 e. The van der Waals surface area contributed by atoms with E-state index >= 15 is 0 Å². The number of alkyl halides is 2.